The van der Waals surface area contributed by atoms with Crippen molar-refractivity contribution >= 4 is 80.1 Å². The van der Waals surface area contributed by atoms with Crippen LogP contribution in [-0.2, 0) is 12.5 Å². The van der Waals surface area contributed by atoms with E-state index in [9.17, 15) is 0 Å². The van der Waals surface area contributed by atoms with Gasteiger partial charge in [0.05, 0.1) is 0 Å². The van der Waals surface area contributed by atoms with Crippen molar-refractivity contribution in [1.29, 1.82) is 0 Å². The molecule has 0 spiro atoms. The summed E-state index contributed by atoms with van der Waals surface area (Å²) in [5.74, 6) is 0. The van der Waals surface area contributed by atoms with E-state index in [0.29, 0.717) is 0 Å². The number of benzene rings is 1. The van der Waals surface area contributed by atoms with Gasteiger partial charge in [0, 0.05) is 0 Å². The molecule has 1 aromatic carbocycles. The molecule has 0 amide bonds. The maximum absolute atomic E-state index is 5.58. The summed E-state index contributed by atoms with van der Waals surface area (Å²) in [4.78, 5) is 0. The Hall–Kier alpha value is 2.29. The Morgan fingerprint density at radius 2 is 1.93 bits per heavy atom. The Labute approximate surface area is 126 Å². The molecule has 0 aromatic heterocycles. The molecular weight excluding hydrogens is 607 g/mol. The fourth-order valence-corrected chi connectivity index (χ4v) is 22.5. The topological polar surface area (TPSA) is 27.7 Å². The van der Waals surface area contributed by atoms with E-state index in [0.717, 1.165) is 29.5 Å². The third-order valence-electron chi connectivity index (χ3n) is 1.33. The van der Waals surface area contributed by atoms with Gasteiger partial charge in [-0.1, -0.05) is 0 Å². The third kappa shape index (κ3) is 7.55. The molecule has 0 saturated heterocycles. The fraction of sp³-hybridized carbons (Fsp3) is 0.143. The molecule has 0 N–H and O–H groups in total. The van der Waals surface area contributed by atoms with Crippen molar-refractivity contribution in [1.82, 2.24) is 0 Å². The molecule has 0 saturated carbocycles. The predicted octanol–water partition coefficient (Wildman–Crippen LogP) is -0.260. The summed E-state index contributed by atoms with van der Waals surface area (Å²) in [5.41, 5.74) is 1.24. The first kappa shape index (κ1) is 14.4. The van der Waals surface area contributed by atoms with E-state index in [2.05, 4.69) is 12.1 Å². The Bertz CT molecular complexity index is 234. The summed E-state index contributed by atoms with van der Waals surface area (Å²) in [6.07, 6.45) is 0. The second-order valence-electron chi connectivity index (χ2n) is 2.28. The summed E-state index contributed by atoms with van der Waals surface area (Å²) < 4.78 is 16.4. The number of rotatable bonds is 7. The Kier molecular flexibility index (Phi) is 10.7. The molecule has 0 bridgehead atoms. The molecule has 3 nitrogen and oxygen atoms in total. The average molecular weight is 615 g/mol. The zero-order valence-corrected chi connectivity index (χ0v) is 19.3. The van der Waals surface area contributed by atoms with Gasteiger partial charge < -0.3 is 0 Å². The molecule has 0 heterocycles. The summed E-state index contributed by atoms with van der Waals surface area (Å²) in [7, 11) is 0. The van der Waals surface area contributed by atoms with Gasteiger partial charge in [-0.05, 0) is 0 Å². The molecular formula is C7H8O3Sn4. The van der Waals surface area contributed by atoms with E-state index < -0.39 is 57.2 Å². The zero-order chi connectivity index (χ0) is 10.1. The summed E-state index contributed by atoms with van der Waals surface area (Å²) in [6, 6.07) is 10.2. The van der Waals surface area contributed by atoms with Crippen LogP contribution in [0.25, 0.3) is 0 Å². The minimum atomic E-state index is -0.958. The van der Waals surface area contributed by atoms with E-state index in [-0.39, 0.29) is 0 Å². The first-order valence-corrected chi connectivity index (χ1v) is 20.9. The molecule has 0 aliphatic rings. The van der Waals surface area contributed by atoms with Crippen molar-refractivity contribution in [3.8, 4) is 0 Å². The summed E-state index contributed by atoms with van der Waals surface area (Å²) in [5, 5.41) is 0. The summed E-state index contributed by atoms with van der Waals surface area (Å²) >= 11 is -0.947. The standard InChI is InChI=1S/C7H7O.2O.4Sn.H/c8-6-7-4-2-1-3-5-7;;;;;;;/h1-5H,6H2;;;;;;;/q-1;;;;;;+1;. The second kappa shape index (κ2) is 10.4. The number of hydrogen-bond donors (Lipinski definition) is 0. The van der Waals surface area contributed by atoms with Crippen molar-refractivity contribution in [2.24, 2.45) is 0 Å². The molecule has 14 heavy (non-hydrogen) atoms. The molecule has 0 fully saturated rings. The van der Waals surface area contributed by atoms with Gasteiger partial charge in [-0.25, -0.2) is 0 Å². The number of hydrogen-bond acceptors (Lipinski definition) is 3. The Morgan fingerprint density at radius 1 is 1.14 bits per heavy atom. The van der Waals surface area contributed by atoms with E-state index in [1.54, 1.807) is 0 Å². The Morgan fingerprint density at radius 3 is 2.64 bits per heavy atom. The van der Waals surface area contributed by atoms with Crippen LogP contribution in [0.2, 0.25) is 0 Å². The van der Waals surface area contributed by atoms with Crippen LogP contribution in [-0.4, -0.2) is 80.1 Å². The van der Waals surface area contributed by atoms with Crippen molar-refractivity contribution in [3.63, 3.8) is 0 Å². The molecule has 1 aromatic rings. The van der Waals surface area contributed by atoms with Gasteiger partial charge in [0.1, 0.15) is 0 Å². The molecule has 7 heteroatoms. The van der Waals surface area contributed by atoms with Gasteiger partial charge in [0.25, 0.3) is 0 Å². The van der Waals surface area contributed by atoms with Crippen molar-refractivity contribution < 1.29 is 5.90 Å². The van der Waals surface area contributed by atoms with E-state index in [1.165, 1.54) is 5.56 Å². The van der Waals surface area contributed by atoms with Crippen LogP contribution in [0.15, 0.2) is 30.3 Å². The van der Waals surface area contributed by atoms with Crippen LogP contribution in [0.5, 0.6) is 0 Å². The van der Waals surface area contributed by atoms with Gasteiger partial charge in [-0.15, -0.1) is 0 Å². The first-order valence-electron chi connectivity index (χ1n) is 3.86. The maximum atomic E-state index is 5.58. The van der Waals surface area contributed by atoms with Gasteiger partial charge in [-0.3, -0.25) is 0 Å². The minimum absolute atomic E-state index is 0.442. The third-order valence-corrected chi connectivity index (χ3v) is 38.8. The van der Waals surface area contributed by atoms with E-state index in [4.69, 9.17) is 5.90 Å². The van der Waals surface area contributed by atoms with Crippen LogP contribution < -0.4 is 0 Å². The predicted molar refractivity (Wildman–Crippen MR) is 57.8 cm³/mol. The van der Waals surface area contributed by atoms with Crippen molar-refractivity contribution in [3.05, 3.63) is 35.9 Å². The first-order chi connectivity index (χ1) is 6.93. The quantitative estimate of drug-likeness (QED) is 0.313. The monoisotopic (exact) mass is 620 g/mol. The van der Waals surface area contributed by atoms with Gasteiger partial charge in [0.2, 0.25) is 0 Å². The molecule has 0 aliphatic carbocycles. The SMILES string of the molecule is [SnH][O][Sn][Sn][O][Sn][O]Cc1ccccc1. The van der Waals surface area contributed by atoms with Crippen LogP contribution in [0.1, 0.15) is 5.56 Å². The van der Waals surface area contributed by atoms with E-state index in [1.807, 2.05) is 18.2 Å². The molecule has 1 rings (SSSR count). The van der Waals surface area contributed by atoms with Gasteiger partial charge >= 0.3 is 129 Å². The van der Waals surface area contributed by atoms with Crippen molar-refractivity contribution in [2.75, 3.05) is 0 Å². The van der Waals surface area contributed by atoms with Crippen LogP contribution in [0.4, 0.5) is 0 Å². The zero-order valence-electron chi connectivity index (χ0n) is 7.40. The Balaban J connectivity index is 1.99. The molecule has 0 atom stereocenters. The van der Waals surface area contributed by atoms with Gasteiger partial charge in [-0.2, -0.15) is 0 Å². The molecule has 0 aliphatic heterocycles. The van der Waals surface area contributed by atoms with Crippen LogP contribution in [0, 0.1) is 0 Å². The van der Waals surface area contributed by atoms with Crippen LogP contribution in [0.3, 0.4) is 0 Å². The van der Waals surface area contributed by atoms with Crippen molar-refractivity contribution in [2.45, 2.75) is 6.61 Å². The average Bonchev–Trinajstić information content (AvgIpc) is 2.25. The normalized spacial score (nSPS) is 10.4. The fourth-order valence-electron chi connectivity index (χ4n) is 0.782. The second-order valence-corrected chi connectivity index (χ2v) is 22.2. The summed E-state index contributed by atoms with van der Waals surface area (Å²) in [6.45, 7) is 0.721. The molecule has 0 unspecified atom stereocenters. The molecule has 70 valence electrons. The molecule has 8 radical (unpaired) electrons. The van der Waals surface area contributed by atoms with Crippen LogP contribution >= 0.6 is 0 Å². The van der Waals surface area contributed by atoms with Gasteiger partial charge in [0.15, 0.2) is 0 Å². The van der Waals surface area contributed by atoms with E-state index >= 15 is 0 Å².